The van der Waals surface area contributed by atoms with Gasteiger partial charge in [0.1, 0.15) is 0 Å². The highest BCUT2D eigenvalue weighted by Crippen LogP contribution is 2.15. The number of urea groups is 1. The average molecular weight is 266 g/mol. The fraction of sp³-hybridized carbons (Fsp3) is 0.500. The molecule has 0 aliphatic rings. The van der Waals surface area contributed by atoms with E-state index in [-0.39, 0.29) is 6.03 Å². The van der Waals surface area contributed by atoms with E-state index >= 15 is 0 Å². The van der Waals surface area contributed by atoms with Gasteiger partial charge in [-0.2, -0.15) is 11.8 Å². The van der Waals surface area contributed by atoms with Crippen LogP contribution in [0.15, 0.2) is 24.3 Å². The Hall–Kier alpha value is -1.16. The number of aryl methyl sites for hydroxylation is 1. The van der Waals surface area contributed by atoms with E-state index in [1.807, 2.05) is 18.7 Å². The SMILES string of the molecule is CCCNC(=O)NCCSCc1ccccc1C. The zero-order valence-electron chi connectivity index (χ0n) is 11.2. The van der Waals surface area contributed by atoms with Crippen LogP contribution < -0.4 is 10.6 Å². The molecule has 3 nitrogen and oxygen atoms in total. The van der Waals surface area contributed by atoms with Crippen LogP contribution in [-0.4, -0.2) is 24.9 Å². The molecule has 0 saturated carbocycles. The van der Waals surface area contributed by atoms with Crippen molar-refractivity contribution in [2.75, 3.05) is 18.8 Å². The highest BCUT2D eigenvalue weighted by atomic mass is 32.2. The van der Waals surface area contributed by atoms with Crippen molar-refractivity contribution in [3.8, 4) is 0 Å². The maximum atomic E-state index is 11.3. The fourth-order valence-corrected chi connectivity index (χ4v) is 2.43. The van der Waals surface area contributed by atoms with Gasteiger partial charge in [-0.25, -0.2) is 4.79 Å². The summed E-state index contributed by atoms with van der Waals surface area (Å²) in [6.45, 7) is 5.62. The minimum Gasteiger partial charge on any atom is -0.338 e. The van der Waals surface area contributed by atoms with Crippen LogP contribution in [-0.2, 0) is 5.75 Å². The topological polar surface area (TPSA) is 41.1 Å². The van der Waals surface area contributed by atoms with E-state index in [4.69, 9.17) is 0 Å². The van der Waals surface area contributed by atoms with Gasteiger partial charge in [-0.1, -0.05) is 31.2 Å². The molecule has 0 aromatic heterocycles. The Bertz CT molecular complexity index is 369. The summed E-state index contributed by atoms with van der Waals surface area (Å²) in [6, 6.07) is 8.35. The van der Waals surface area contributed by atoms with Gasteiger partial charge >= 0.3 is 6.03 Å². The number of thioether (sulfide) groups is 1. The van der Waals surface area contributed by atoms with Crippen LogP contribution in [0, 0.1) is 6.92 Å². The van der Waals surface area contributed by atoms with Crippen LogP contribution in [0.4, 0.5) is 4.79 Å². The fourth-order valence-electron chi connectivity index (χ4n) is 1.49. The molecular weight excluding hydrogens is 244 g/mol. The van der Waals surface area contributed by atoms with Crippen LogP contribution in [0.5, 0.6) is 0 Å². The molecule has 0 saturated heterocycles. The van der Waals surface area contributed by atoms with Gasteiger partial charge < -0.3 is 10.6 Å². The lowest BCUT2D eigenvalue weighted by atomic mass is 10.1. The molecule has 0 radical (unpaired) electrons. The Morgan fingerprint density at radius 1 is 1.22 bits per heavy atom. The van der Waals surface area contributed by atoms with Crippen LogP contribution in [0.25, 0.3) is 0 Å². The van der Waals surface area contributed by atoms with Crippen molar-refractivity contribution >= 4 is 17.8 Å². The summed E-state index contributed by atoms with van der Waals surface area (Å²) in [5.41, 5.74) is 2.71. The minimum absolute atomic E-state index is 0.0617. The number of nitrogens with one attached hydrogen (secondary N) is 2. The second kappa shape index (κ2) is 8.86. The van der Waals surface area contributed by atoms with Crippen molar-refractivity contribution < 1.29 is 4.79 Å². The van der Waals surface area contributed by atoms with E-state index in [2.05, 4.69) is 41.8 Å². The smallest absolute Gasteiger partial charge is 0.314 e. The van der Waals surface area contributed by atoms with Gasteiger partial charge in [0, 0.05) is 24.6 Å². The first-order valence-electron chi connectivity index (χ1n) is 6.38. The zero-order valence-corrected chi connectivity index (χ0v) is 12.0. The molecule has 1 aromatic carbocycles. The van der Waals surface area contributed by atoms with Gasteiger partial charge in [0.25, 0.3) is 0 Å². The summed E-state index contributed by atoms with van der Waals surface area (Å²) in [6.07, 6.45) is 0.968. The summed E-state index contributed by atoms with van der Waals surface area (Å²) in [7, 11) is 0. The van der Waals surface area contributed by atoms with Gasteiger partial charge in [-0.15, -0.1) is 0 Å². The van der Waals surface area contributed by atoms with Gasteiger partial charge in [-0.3, -0.25) is 0 Å². The van der Waals surface area contributed by atoms with E-state index in [0.29, 0.717) is 6.54 Å². The third-order valence-electron chi connectivity index (χ3n) is 2.59. The number of benzene rings is 1. The normalized spacial score (nSPS) is 10.1. The molecule has 0 heterocycles. The van der Waals surface area contributed by atoms with Crippen molar-refractivity contribution in [1.82, 2.24) is 10.6 Å². The summed E-state index contributed by atoms with van der Waals surface area (Å²) in [5.74, 6) is 1.94. The number of carbonyl (C=O) groups excluding carboxylic acids is 1. The Kier molecular flexibility index (Phi) is 7.34. The molecule has 0 aliphatic carbocycles. The van der Waals surface area contributed by atoms with Gasteiger partial charge in [0.05, 0.1) is 0 Å². The van der Waals surface area contributed by atoms with Crippen LogP contribution in [0.3, 0.4) is 0 Å². The number of carbonyl (C=O) groups is 1. The Labute approximate surface area is 114 Å². The lowest BCUT2D eigenvalue weighted by molar-refractivity contribution is 0.241. The summed E-state index contributed by atoms with van der Waals surface area (Å²) >= 11 is 1.84. The quantitative estimate of drug-likeness (QED) is 0.745. The number of amides is 2. The second-order valence-corrected chi connectivity index (χ2v) is 5.27. The summed E-state index contributed by atoms with van der Waals surface area (Å²) in [4.78, 5) is 11.3. The van der Waals surface area contributed by atoms with Crippen molar-refractivity contribution in [2.24, 2.45) is 0 Å². The molecule has 1 rings (SSSR count). The van der Waals surface area contributed by atoms with Crippen molar-refractivity contribution in [1.29, 1.82) is 0 Å². The molecule has 4 heteroatoms. The molecule has 18 heavy (non-hydrogen) atoms. The van der Waals surface area contributed by atoms with E-state index in [9.17, 15) is 4.79 Å². The average Bonchev–Trinajstić information content (AvgIpc) is 2.38. The lowest BCUT2D eigenvalue weighted by Gasteiger charge is -2.07. The van der Waals surface area contributed by atoms with Gasteiger partial charge in [-0.05, 0) is 24.5 Å². The van der Waals surface area contributed by atoms with Gasteiger partial charge in [0.15, 0.2) is 0 Å². The monoisotopic (exact) mass is 266 g/mol. The summed E-state index contributed by atoms with van der Waals surface area (Å²) in [5, 5.41) is 5.64. The molecule has 2 amide bonds. The van der Waals surface area contributed by atoms with Gasteiger partial charge in [0.2, 0.25) is 0 Å². The van der Waals surface area contributed by atoms with E-state index in [0.717, 1.165) is 24.5 Å². The minimum atomic E-state index is -0.0617. The highest BCUT2D eigenvalue weighted by molar-refractivity contribution is 7.98. The van der Waals surface area contributed by atoms with Crippen LogP contribution in [0.1, 0.15) is 24.5 Å². The predicted molar refractivity (Wildman–Crippen MR) is 79.0 cm³/mol. The molecule has 0 spiro atoms. The zero-order chi connectivity index (χ0) is 13.2. The largest absolute Gasteiger partial charge is 0.338 e. The molecule has 0 bridgehead atoms. The molecule has 0 unspecified atom stereocenters. The highest BCUT2D eigenvalue weighted by Gasteiger charge is 1.99. The third kappa shape index (κ3) is 5.96. The van der Waals surface area contributed by atoms with Crippen molar-refractivity contribution in [3.63, 3.8) is 0 Å². The van der Waals surface area contributed by atoms with Crippen molar-refractivity contribution in [3.05, 3.63) is 35.4 Å². The molecule has 100 valence electrons. The first-order chi connectivity index (χ1) is 8.74. The molecule has 2 N–H and O–H groups in total. The van der Waals surface area contributed by atoms with E-state index < -0.39 is 0 Å². The number of rotatable bonds is 7. The lowest BCUT2D eigenvalue weighted by Crippen LogP contribution is -2.36. The van der Waals surface area contributed by atoms with Crippen LogP contribution >= 0.6 is 11.8 Å². The Morgan fingerprint density at radius 2 is 1.94 bits per heavy atom. The van der Waals surface area contributed by atoms with E-state index in [1.54, 1.807) is 0 Å². The van der Waals surface area contributed by atoms with Crippen molar-refractivity contribution in [2.45, 2.75) is 26.0 Å². The molecular formula is C14H22N2OS. The second-order valence-electron chi connectivity index (χ2n) is 4.16. The number of hydrogen-bond acceptors (Lipinski definition) is 2. The number of hydrogen-bond donors (Lipinski definition) is 2. The first-order valence-corrected chi connectivity index (χ1v) is 7.53. The van der Waals surface area contributed by atoms with Crippen LogP contribution in [0.2, 0.25) is 0 Å². The maximum Gasteiger partial charge on any atom is 0.314 e. The first kappa shape index (κ1) is 14.9. The Morgan fingerprint density at radius 3 is 2.67 bits per heavy atom. The molecule has 0 atom stereocenters. The Balaban J connectivity index is 2.09. The standard InChI is InChI=1S/C14H22N2OS/c1-3-8-15-14(17)16-9-10-18-11-13-7-5-4-6-12(13)2/h4-7H,3,8-11H2,1-2H3,(H2,15,16,17). The van der Waals surface area contributed by atoms with E-state index in [1.165, 1.54) is 11.1 Å². The summed E-state index contributed by atoms with van der Waals surface area (Å²) < 4.78 is 0. The molecule has 1 aromatic rings. The molecule has 0 fully saturated rings. The molecule has 0 aliphatic heterocycles. The predicted octanol–water partition coefficient (Wildman–Crippen LogP) is 2.94. The maximum absolute atomic E-state index is 11.3. The third-order valence-corrected chi connectivity index (χ3v) is 3.59.